The smallest absolute Gasteiger partial charge is 0.261 e. The van der Waals surface area contributed by atoms with E-state index in [-0.39, 0.29) is 12.5 Å². The summed E-state index contributed by atoms with van der Waals surface area (Å²) in [6.07, 6.45) is 0.831. The molecular weight excluding hydrogens is 342 g/mol. The van der Waals surface area contributed by atoms with E-state index in [1.807, 2.05) is 12.1 Å². The monoisotopic (exact) mass is 367 g/mol. The van der Waals surface area contributed by atoms with Gasteiger partial charge in [-0.2, -0.15) is 0 Å². The van der Waals surface area contributed by atoms with E-state index in [2.05, 4.69) is 24.1 Å². The summed E-state index contributed by atoms with van der Waals surface area (Å²) in [6, 6.07) is 10.7. The Morgan fingerprint density at radius 3 is 2.15 bits per heavy atom. The fraction of sp³-hybridized carbons (Fsp3) is 0.381. The Labute approximate surface area is 159 Å². The molecule has 0 aromatic heterocycles. The number of benzene rings is 2. The normalized spacial score (nSPS) is 13.5. The number of imide groups is 1. The van der Waals surface area contributed by atoms with Crippen molar-refractivity contribution >= 4 is 28.5 Å². The molecule has 0 unspecified atom stereocenters. The van der Waals surface area contributed by atoms with Crippen molar-refractivity contribution in [3.05, 3.63) is 47.5 Å². The first-order chi connectivity index (χ1) is 13.1. The van der Waals surface area contributed by atoms with Gasteiger partial charge in [0.25, 0.3) is 11.8 Å². The van der Waals surface area contributed by atoms with E-state index in [1.54, 1.807) is 24.3 Å². The highest BCUT2D eigenvalue weighted by atomic mass is 16.2. The van der Waals surface area contributed by atoms with Crippen molar-refractivity contribution in [2.45, 2.75) is 20.3 Å². The van der Waals surface area contributed by atoms with E-state index in [0.717, 1.165) is 36.3 Å². The van der Waals surface area contributed by atoms with Crippen molar-refractivity contribution < 1.29 is 14.4 Å². The van der Waals surface area contributed by atoms with Crippen LogP contribution in [0.3, 0.4) is 0 Å². The third-order valence-corrected chi connectivity index (χ3v) is 5.03. The van der Waals surface area contributed by atoms with Gasteiger partial charge in [0.15, 0.2) is 0 Å². The quantitative estimate of drug-likeness (QED) is 0.574. The first-order valence-corrected chi connectivity index (χ1v) is 9.43. The van der Waals surface area contributed by atoms with Gasteiger partial charge in [0.2, 0.25) is 5.91 Å². The number of hydrogen-bond donors (Lipinski definition) is 1. The van der Waals surface area contributed by atoms with Gasteiger partial charge in [-0.15, -0.1) is 0 Å². The van der Waals surface area contributed by atoms with Gasteiger partial charge in [-0.1, -0.05) is 38.1 Å². The van der Waals surface area contributed by atoms with Gasteiger partial charge in [-0.3, -0.25) is 19.3 Å². The van der Waals surface area contributed by atoms with Crippen LogP contribution in [0.2, 0.25) is 0 Å². The van der Waals surface area contributed by atoms with Crippen LogP contribution in [0.1, 0.15) is 41.0 Å². The molecule has 0 aliphatic carbocycles. The molecular formula is C21H25N3O3. The molecule has 0 fully saturated rings. The maximum absolute atomic E-state index is 12.8. The maximum atomic E-state index is 12.8. The molecule has 3 amide bonds. The lowest BCUT2D eigenvalue weighted by molar-refractivity contribution is -0.121. The van der Waals surface area contributed by atoms with Crippen molar-refractivity contribution in [1.82, 2.24) is 15.1 Å². The predicted molar refractivity (Wildman–Crippen MR) is 105 cm³/mol. The highest BCUT2D eigenvalue weighted by Gasteiger charge is 2.33. The summed E-state index contributed by atoms with van der Waals surface area (Å²) in [6.45, 7) is 7.34. The molecule has 2 aromatic carbocycles. The molecule has 2 aromatic rings. The van der Waals surface area contributed by atoms with Gasteiger partial charge in [-0.25, -0.2) is 0 Å². The van der Waals surface area contributed by atoms with E-state index in [4.69, 9.17) is 0 Å². The fourth-order valence-corrected chi connectivity index (χ4v) is 3.49. The number of rotatable bonds is 8. The molecule has 1 N–H and O–H groups in total. The minimum atomic E-state index is -0.414. The zero-order chi connectivity index (χ0) is 19.4. The standard InChI is InChI=1S/C21H25N3O3/c1-3-23(4-2)13-7-12-22-18(25)14-24-20(26)16-10-5-8-15-9-6-11-17(19(15)16)21(24)27/h5-6,8-11H,3-4,7,12-14H2,1-2H3,(H,22,25). The Kier molecular flexibility index (Phi) is 5.86. The summed E-state index contributed by atoms with van der Waals surface area (Å²) in [5.74, 6) is -1.15. The number of carbonyl (C=O) groups is 3. The lowest BCUT2D eigenvalue weighted by Gasteiger charge is -2.26. The molecule has 0 spiro atoms. The number of hydrogen-bond acceptors (Lipinski definition) is 4. The SMILES string of the molecule is CCN(CC)CCCNC(=O)CN1C(=O)c2cccc3cccc(c23)C1=O. The lowest BCUT2D eigenvalue weighted by atomic mass is 9.94. The zero-order valence-corrected chi connectivity index (χ0v) is 15.8. The van der Waals surface area contributed by atoms with Gasteiger partial charge in [0.05, 0.1) is 0 Å². The molecule has 0 bridgehead atoms. The van der Waals surface area contributed by atoms with Gasteiger partial charge in [-0.05, 0) is 43.6 Å². The van der Waals surface area contributed by atoms with Crippen molar-refractivity contribution in [3.63, 3.8) is 0 Å². The Morgan fingerprint density at radius 2 is 1.59 bits per heavy atom. The highest BCUT2D eigenvalue weighted by molar-refractivity contribution is 6.26. The summed E-state index contributed by atoms with van der Waals surface area (Å²) in [4.78, 5) is 41.1. The molecule has 1 heterocycles. The maximum Gasteiger partial charge on any atom is 0.261 e. The zero-order valence-electron chi connectivity index (χ0n) is 15.8. The Balaban J connectivity index is 1.65. The average Bonchev–Trinajstić information content (AvgIpc) is 2.69. The molecule has 6 nitrogen and oxygen atoms in total. The van der Waals surface area contributed by atoms with Gasteiger partial charge < -0.3 is 10.2 Å². The molecule has 142 valence electrons. The van der Waals surface area contributed by atoms with E-state index in [9.17, 15) is 14.4 Å². The molecule has 1 aliphatic rings. The topological polar surface area (TPSA) is 69.7 Å². The summed E-state index contributed by atoms with van der Waals surface area (Å²) in [5.41, 5.74) is 0.939. The second kappa shape index (κ2) is 8.31. The van der Waals surface area contributed by atoms with Crippen LogP contribution < -0.4 is 5.32 Å². The second-order valence-electron chi connectivity index (χ2n) is 6.64. The minimum Gasteiger partial charge on any atom is -0.354 e. The molecule has 27 heavy (non-hydrogen) atoms. The van der Waals surface area contributed by atoms with Crippen LogP contribution >= 0.6 is 0 Å². The van der Waals surface area contributed by atoms with Crippen molar-refractivity contribution in [2.75, 3.05) is 32.7 Å². The molecule has 0 atom stereocenters. The number of nitrogens with zero attached hydrogens (tertiary/aromatic N) is 2. The number of nitrogens with one attached hydrogen (secondary N) is 1. The van der Waals surface area contributed by atoms with Gasteiger partial charge in [0.1, 0.15) is 6.54 Å². The Morgan fingerprint density at radius 1 is 1.00 bits per heavy atom. The third-order valence-electron chi connectivity index (χ3n) is 5.03. The van der Waals surface area contributed by atoms with E-state index in [1.165, 1.54) is 0 Å². The predicted octanol–water partition coefficient (Wildman–Crippen LogP) is 2.28. The van der Waals surface area contributed by atoms with Crippen molar-refractivity contribution in [1.29, 1.82) is 0 Å². The van der Waals surface area contributed by atoms with Gasteiger partial charge >= 0.3 is 0 Å². The second-order valence-corrected chi connectivity index (χ2v) is 6.64. The first kappa shape index (κ1) is 19.0. The van der Waals surface area contributed by atoms with Crippen LogP contribution in [0.4, 0.5) is 0 Å². The number of amides is 3. The summed E-state index contributed by atoms with van der Waals surface area (Å²) >= 11 is 0. The minimum absolute atomic E-state index is 0.256. The van der Waals surface area contributed by atoms with Crippen LogP contribution in [0.15, 0.2) is 36.4 Å². The van der Waals surface area contributed by atoms with Crippen molar-refractivity contribution in [3.8, 4) is 0 Å². The summed E-state index contributed by atoms with van der Waals surface area (Å²) in [5, 5.41) is 4.34. The molecule has 0 saturated carbocycles. The molecule has 6 heteroatoms. The Bertz CT molecular complexity index is 823. The lowest BCUT2D eigenvalue weighted by Crippen LogP contribution is -2.46. The molecule has 0 saturated heterocycles. The van der Waals surface area contributed by atoms with Crippen LogP contribution in [0.25, 0.3) is 10.8 Å². The van der Waals surface area contributed by atoms with Crippen molar-refractivity contribution in [2.24, 2.45) is 0 Å². The Hall–Kier alpha value is -2.73. The van der Waals surface area contributed by atoms with E-state index in [0.29, 0.717) is 23.1 Å². The largest absolute Gasteiger partial charge is 0.354 e. The third kappa shape index (κ3) is 3.85. The molecule has 0 radical (unpaired) electrons. The molecule has 1 aliphatic heterocycles. The fourth-order valence-electron chi connectivity index (χ4n) is 3.49. The van der Waals surface area contributed by atoms with E-state index >= 15 is 0 Å². The summed E-state index contributed by atoms with van der Waals surface area (Å²) in [7, 11) is 0. The summed E-state index contributed by atoms with van der Waals surface area (Å²) < 4.78 is 0. The van der Waals surface area contributed by atoms with Gasteiger partial charge in [0, 0.05) is 23.1 Å². The number of carbonyl (C=O) groups excluding carboxylic acids is 3. The average molecular weight is 367 g/mol. The highest BCUT2D eigenvalue weighted by Crippen LogP contribution is 2.29. The van der Waals surface area contributed by atoms with Crippen LogP contribution in [0, 0.1) is 0 Å². The van der Waals surface area contributed by atoms with Crippen LogP contribution in [0.5, 0.6) is 0 Å². The van der Waals surface area contributed by atoms with Crippen LogP contribution in [-0.4, -0.2) is 60.2 Å². The molecule has 3 rings (SSSR count). The van der Waals surface area contributed by atoms with Crippen LogP contribution in [-0.2, 0) is 4.79 Å². The first-order valence-electron chi connectivity index (χ1n) is 9.43. The van der Waals surface area contributed by atoms with E-state index < -0.39 is 11.8 Å².